The zero-order chi connectivity index (χ0) is 23.4. The summed E-state index contributed by atoms with van der Waals surface area (Å²) in [4.78, 5) is 4.89. The number of aliphatic hydroxyl groups excluding tert-OH is 1. The predicted octanol–water partition coefficient (Wildman–Crippen LogP) is 6.31. The third-order valence-electron chi connectivity index (χ3n) is 6.90. The molecule has 2 atom stereocenters. The zero-order valence-corrected chi connectivity index (χ0v) is 20.1. The lowest BCUT2D eigenvalue weighted by molar-refractivity contribution is 0.238. The number of hydrogen-bond acceptors (Lipinski definition) is 3. The third-order valence-corrected chi connectivity index (χ3v) is 6.90. The summed E-state index contributed by atoms with van der Waals surface area (Å²) in [5.74, 6) is 7.87. The van der Waals surface area contributed by atoms with E-state index in [2.05, 4.69) is 75.1 Å². The molecule has 0 saturated carbocycles. The molecule has 33 heavy (non-hydrogen) atoms. The van der Waals surface area contributed by atoms with Gasteiger partial charge >= 0.3 is 0 Å². The summed E-state index contributed by atoms with van der Waals surface area (Å²) in [6, 6.07) is 13.0. The average Bonchev–Trinajstić information content (AvgIpc) is 3.00. The van der Waals surface area contributed by atoms with Crippen molar-refractivity contribution in [3.63, 3.8) is 0 Å². The molecule has 1 aromatic carbocycles. The van der Waals surface area contributed by atoms with Gasteiger partial charge in [-0.15, -0.1) is 0 Å². The van der Waals surface area contributed by atoms with Gasteiger partial charge in [-0.05, 0) is 80.2 Å². The summed E-state index contributed by atoms with van der Waals surface area (Å²) in [6.07, 6.45) is 7.31. The molecule has 0 radical (unpaired) electrons. The van der Waals surface area contributed by atoms with Gasteiger partial charge in [-0.3, -0.25) is 4.98 Å². The van der Waals surface area contributed by atoms with Gasteiger partial charge in [0, 0.05) is 22.9 Å². The van der Waals surface area contributed by atoms with E-state index in [9.17, 15) is 5.11 Å². The van der Waals surface area contributed by atoms with Crippen LogP contribution in [-0.2, 0) is 11.2 Å². The number of allylic oxidation sites excluding steroid dienone is 5. The maximum atomic E-state index is 9.33. The van der Waals surface area contributed by atoms with Crippen LogP contribution in [0, 0.1) is 17.8 Å². The first-order chi connectivity index (χ1) is 16.0. The standard InChI is InChI=1S/C30H33NO2/c1-20(25-9-6-5-7-10-25)15-24-12-13-27-17-28(29-22(3)21(2)19-33-23(29)4)18-31-30(27)26(16-24)11-8-14-32/h5-7,9-10,16-18,20,24,32H,12-15,19H2,1-4H3. The molecule has 2 unspecified atom stereocenters. The topological polar surface area (TPSA) is 42.4 Å². The van der Waals surface area contributed by atoms with E-state index >= 15 is 0 Å². The number of hydrogen-bond donors (Lipinski definition) is 1. The SMILES string of the molecule is CC1=C(C)C(c2cnc3c(c2)CCC(CC(C)c2ccccc2)C=C3C#CCO)=C(C)OC1. The Morgan fingerprint density at radius 1 is 1.18 bits per heavy atom. The summed E-state index contributed by atoms with van der Waals surface area (Å²) in [5.41, 5.74) is 9.26. The molecular weight excluding hydrogens is 406 g/mol. The lowest BCUT2D eigenvalue weighted by atomic mass is 9.87. The summed E-state index contributed by atoms with van der Waals surface area (Å²) in [7, 11) is 0. The molecule has 170 valence electrons. The Hall–Kier alpha value is -3.09. The van der Waals surface area contributed by atoms with Gasteiger partial charge in [0.25, 0.3) is 0 Å². The van der Waals surface area contributed by atoms with Crippen molar-refractivity contribution in [3.05, 3.63) is 88.0 Å². The Bertz CT molecular complexity index is 1170. The highest BCUT2D eigenvalue weighted by atomic mass is 16.5. The molecule has 1 N–H and O–H groups in total. The third kappa shape index (κ3) is 5.13. The van der Waals surface area contributed by atoms with Gasteiger partial charge in [-0.1, -0.05) is 55.2 Å². The van der Waals surface area contributed by atoms with Gasteiger partial charge in [-0.25, -0.2) is 0 Å². The fourth-order valence-electron chi connectivity index (χ4n) is 4.91. The second-order valence-electron chi connectivity index (χ2n) is 9.24. The second kappa shape index (κ2) is 10.2. The number of nitrogens with zero attached hydrogens (tertiary/aromatic N) is 1. The lowest BCUT2D eigenvalue weighted by Gasteiger charge is -2.23. The van der Waals surface area contributed by atoms with E-state index in [1.807, 2.05) is 13.1 Å². The van der Waals surface area contributed by atoms with Crippen LogP contribution in [-0.4, -0.2) is 23.3 Å². The van der Waals surface area contributed by atoms with Crippen molar-refractivity contribution in [1.82, 2.24) is 4.98 Å². The maximum absolute atomic E-state index is 9.33. The normalized spacial score (nSPS) is 19.1. The van der Waals surface area contributed by atoms with E-state index in [1.165, 1.54) is 22.3 Å². The van der Waals surface area contributed by atoms with Crippen molar-refractivity contribution in [2.24, 2.45) is 5.92 Å². The summed E-state index contributed by atoms with van der Waals surface area (Å²) in [5, 5.41) is 9.33. The molecule has 0 bridgehead atoms. The van der Waals surface area contributed by atoms with Crippen LogP contribution in [0.5, 0.6) is 0 Å². The number of pyridine rings is 1. The molecular formula is C30H33NO2. The maximum Gasteiger partial charge on any atom is 0.109 e. The van der Waals surface area contributed by atoms with Crippen molar-refractivity contribution < 1.29 is 9.84 Å². The lowest BCUT2D eigenvalue weighted by Crippen LogP contribution is -2.08. The number of aryl methyl sites for hydroxylation is 1. The summed E-state index contributed by atoms with van der Waals surface area (Å²) in [6.45, 7) is 9.14. The summed E-state index contributed by atoms with van der Waals surface area (Å²) < 4.78 is 5.91. The van der Waals surface area contributed by atoms with Gasteiger partial charge in [-0.2, -0.15) is 0 Å². The van der Waals surface area contributed by atoms with Crippen molar-refractivity contribution >= 4 is 11.1 Å². The molecule has 0 amide bonds. The highest BCUT2D eigenvalue weighted by Crippen LogP contribution is 2.37. The number of benzene rings is 1. The minimum absolute atomic E-state index is 0.150. The molecule has 0 spiro atoms. The average molecular weight is 440 g/mol. The van der Waals surface area contributed by atoms with Crippen LogP contribution in [0.3, 0.4) is 0 Å². The highest BCUT2D eigenvalue weighted by Gasteiger charge is 2.23. The second-order valence-corrected chi connectivity index (χ2v) is 9.24. The van der Waals surface area contributed by atoms with Gasteiger partial charge in [0.15, 0.2) is 0 Å². The largest absolute Gasteiger partial charge is 0.493 e. The Kier molecular flexibility index (Phi) is 7.16. The van der Waals surface area contributed by atoms with Crippen LogP contribution < -0.4 is 0 Å². The zero-order valence-electron chi connectivity index (χ0n) is 20.1. The number of aliphatic hydroxyl groups is 1. The first-order valence-electron chi connectivity index (χ1n) is 11.8. The number of fused-ring (bicyclic) bond motifs is 1. The van der Waals surface area contributed by atoms with Crippen LogP contribution in [0.15, 0.2) is 65.6 Å². The highest BCUT2D eigenvalue weighted by molar-refractivity contribution is 5.84. The summed E-state index contributed by atoms with van der Waals surface area (Å²) >= 11 is 0. The van der Waals surface area contributed by atoms with Crippen LogP contribution in [0.1, 0.15) is 68.8 Å². The molecule has 2 aliphatic rings. The Morgan fingerprint density at radius 3 is 2.73 bits per heavy atom. The van der Waals surface area contributed by atoms with Crippen LogP contribution in [0.4, 0.5) is 0 Å². The van der Waals surface area contributed by atoms with E-state index in [0.717, 1.165) is 47.4 Å². The quantitative estimate of drug-likeness (QED) is 0.567. The molecule has 2 aromatic rings. The van der Waals surface area contributed by atoms with Crippen LogP contribution in [0.2, 0.25) is 0 Å². The Labute approximate surface area is 197 Å². The van der Waals surface area contributed by atoms with E-state index < -0.39 is 0 Å². The fraction of sp³-hybridized carbons (Fsp3) is 0.367. The van der Waals surface area contributed by atoms with E-state index in [1.54, 1.807) is 0 Å². The van der Waals surface area contributed by atoms with Gasteiger partial charge in [0.1, 0.15) is 19.0 Å². The molecule has 0 fully saturated rings. The van der Waals surface area contributed by atoms with Gasteiger partial charge in [0.2, 0.25) is 0 Å². The first-order valence-corrected chi connectivity index (χ1v) is 11.8. The number of rotatable bonds is 4. The number of aromatic nitrogens is 1. The Morgan fingerprint density at radius 2 is 1.97 bits per heavy atom. The van der Waals surface area contributed by atoms with Crippen molar-refractivity contribution in [2.75, 3.05) is 13.2 Å². The van der Waals surface area contributed by atoms with Crippen molar-refractivity contribution in [3.8, 4) is 11.8 Å². The molecule has 1 aromatic heterocycles. The first kappa shape index (κ1) is 23.1. The van der Waals surface area contributed by atoms with Crippen LogP contribution in [0.25, 0.3) is 11.1 Å². The van der Waals surface area contributed by atoms with Gasteiger partial charge in [0.05, 0.1) is 5.69 Å². The van der Waals surface area contributed by atoms with Crippen molar-refractivity contribution in [2.45, 2.75) is 52.9 Å². The minimum atomic E-state index is -0.150. The molecule has 3 heteroatoms. The van der Waals surface area contributed by atoms with Crippen LogP contribution >= 0.6 is 0 Å². The molecule has 1 aliphatic heterocycles. The Balaban J connectivity index is 1.67. The van der Waals surface area contributed by atoms with E-state index in [4.69, 9.17) is 9.72 Å². The number of ether oxygens (including phenoxy) is 1. The van der Waals surface area contributed by atoms with E-state index in [0.29, 0.717) is 18.4 Å². The molecule has 3 nitrogen and oxygen atoms in total. The van der Waals surface area contributed by atoms with E-state index in [-0.39, 0.29) is 6.61 Å². The smallest absolute Gasteiger partial charge is 0.109 e. The predicted molar refractivity (Wildman–Crippen MR) is 135 cm³/mol. The molecule has 2 heterocycles. The molecule has 0 saturated heterocycles. The minimum Gasteiger partial charge on any atom is -0.493 e. The van der Waals surface area contributed by atoms with Gasteiger partial charge < -0.3 is 9.84 Å². The molecule has 1 aliphatic carbocycles. The molecule has 4 rings (SSSR count). The monoisotopic (exact) mass is 439 g/mol. The fourth-order valence-corrected chi connectivity index (χ4v) is 4.91. The van der Waals surface area contributed by atoms with Crippen molar-refractivity contribution in [1.29, 1.82) is 0 Å².